The lowest BCUT2D eigenvalue weighted by molar-refractivity contribution is -1.26. The summed E-state index contributed by atoms with van der Waals surface area (Å²) in [6.07, 6.45) is 0. The zero-order valence-electron chi connectivity index (χ0n) is 5.18. The summed E-state index contributed by atoms with van der Waals surface area (Å²) in [5.41, 5.74) is 4.14. The second-order valence-corrected chi connectivity index (χ2v) is 2.43. The highest BCUT2D eigenvalue weighted by Gasteiger charge is 2.27. The number of hydrogen-bond donors (Lipinski definition) is 1. The zero-order valence-corrected chi connectivity index (χ0v) is 5.94. The number of carbonyl (C=O) groups is 1. The summed E-state index contributed by atoms with van der Waals surface area (Å²) in [6, 6.07) is 0. The van der Waals surface area contributed by atoms with Crippen molar-refractivity contribution in [1.29, 1.82) is 0 Å². The van der Waals surface area contributed by atoms with Gasteiger partial charge in [0.1, 0.15) is 5.54 Å². The van der Waals surface area contributed by atoms with Crippen LogP contribution in [-0.4, -0.2) is 11.5 Å². The van der Waals surface area contributed by atoms with Crippen molar-refractivity contribution in [2.75, 3.05) is 0 Å². The summed E-state index contributed by atoms with van der Waals surface area (Å²) in [5, 5.41) is 0. The fraction of sp³-hybridized carbons (Fsp3) is 0.750. The van der Waals surface area contributed by atoms with Gasteiger partial charge in [-0.15, -0.1) is 0 Å². The van der Waals surface area contributed by atoms with Gasteiger partial charge in [0.05, 0.1) is 0 Å². The predicted molar refractivity (Wildman–Crippen MR) is 24.4 cm³/mol. The van der Waals surface area contributed by atoms with Gasteiger partial charge in [0.15, 0.2) is 0 Å². The van der Waals surface area contributed by atoms with Crippen LogP contribution in [0.1, 0.15) is 13.8 Å². The van der Waals surface area contributed by atoms with Gasteiger partial charge in [-0.2, -0.15) is 4.29 Å². The van der Waals surface area contributed by atoms with E-state index in [-0.39, 0.29) is 11.3 Å². The van der Waals surface area contributed by atoms with Crippen molar-refractivity contribution < 1.29 is 25.1 Å². The molecule has 0 aliphatic carbocycles. The van der Waals surface area contributed by atoms with Gasteiger partial charge >= 0.3 is 17.3 Å². The summed E-state index contributed by atoms with van der Waals surface area (Å²) in [4.78, 5) is 10.5. The van der Waals surface area contributed by atoms with Crippen molar-refractivity contribution in [1.82, 2.24) is 0 Å². The summed E-state index contributed by atoms with van der Waals surface area (Å²) >= 11 is 0.170. The Morgan fingerprint density at radius 2 is 2.22 bits per heavy atom. The van der Waals surface area contributed by atoms with E-state index in [1.165, 1.54) is 13.8 Å². The molecule has 0 unspecified atom stereocenters. The highest BCUT2D eigenvalue weighted by Crippen LogP contribution is 1.98. The lowest BCUT2D eigenvalue weighted by Crippen LogP contribution is -2.43. The molecule has 9 heavy (non-hydrogen) atoms. The van der Waals surface area contributed by atoms with E-state index in [2.05, 4.69) is 4.29 Å². The molecule has 0 aliphatic heterocycles. The first-order valence-corrected chi connectivity index (χ1v) is 2.87. The first-order valence-electron chi connectivity index (χ1n) is 2.26. The van der Waals surface area contributed by atoms with Crippen LogP contribution in [0.5, 0.6) is 0 Å². The lowest BCUT2D eigenvalue weighted by atomic mass is 10.1. The second kappa shape index (κ2) is 3.00. The van der Waals surface area contributed by atoms with Crippen LogP contribution >= 0.6 is 0 Å². The molecule has 0 aromatic rings. The first kappa shape index (κ1) is 8.68. The Labute approximate surface area is 57.0 Å². The standard InChI is InChI=1S/C4H8ClNO3/c1-4(2,6)3(7)9-5-8/h6H2,1-2H3. The molecule has 54 valence electrons. The molecule has 0 heterocycles. The quantitative estimate of drug-likeness (QED) is 0.526. The summed E-state index contributed by atoms with van der Waals surface area (Å²) in [7, 11) is 0. The maximum Gasteiger partial charge on any atom is 0.396 e. The molecule has 0 saturated carbocycles. The lowest BCUT2D eigenvalue weighted by Gasteiger charge is -2.09. The molecular weight excluding hydrogens is 146 g/mol. The number of carbonyl (C=O) groups excluding carboxylic acids is 1. The molecule has 5 heteroatoms. The molecule has 0 aromatic heterocycles. The van der Waals surface area contributed by atoms with Crippen LogP contribution in [0.2, 0.25) is 0 Å². The van der Waals surface area contributed by atoms with Crippen LogP contribution < -0.4 is 10.4 Å². The Hall–Kier alpha value is -0.320. The molecule has 0 fully saturated rings. The Balaban J connectivity index is 3.74. The number of rotatable bonds is 2. The molecule has 0 aromatic carbocycles. The fourth-order valence-electron chi connectivity index (χ4n) is 0.128. The number of hydrogen-bond acceptors (Lipinski definition) is 4. The van der Waals surface area contributed by atoms with E-state index in [4.69, 9.17) is 5.73 Å². The van der Waals surface area contributed by atoms with E-state index >= 15 is 0 Å². The van der Waals surface area contributed by atoms with Gasteiger partial charge in [-0.3, -0.25) is 0 Å². The molecule has 0 rings (SSSR count). The number of halogens is 1. The summed E-state index contributed by atoms with van der Waals surface area (Å²) in [6.45, 7) is 2.91. The maximum absolute atomic E-state index is 10.5. The van der Waals surface area contributed by atoms with Gasteiger partial charge in [-0.05, 0) is 13.8 Å². The van der Waals surface area contributed by atoms with Crippen molar-refractivity contribution in [3.8, 4) is 0 Å². The normalized spacial score (nSPS) is 11.1. The van der Waals surface area contributed by atoms with Crippen LogP contribution in [0.3, 0.4) is 0 Å². The smallest absolute Gasteiger partial charge is 0.396 e. The third-order valence-electron chi connectivity index (χ3n) is 0.628. The van der Waals surface area contributed by atoms with E-state index in [9.17, 15) is 9.45 Å². The van der Waals surface area contributed by atoms with Crippen LogP contribution in [-0.2, 0) is 9.08 Å². The van der Waals surface area contributed by atoms with Gasteiger partial charge in [0, 0.05) is 0 Å². The van der Waals surface area contributed by atoms with E-state index in [1.807, 2.05) is 0 Å². The fourth-order valence-corrected chi connectivity index (χ4v) is 0.384. The molecule has 0 bridgehead atoms. The van der Waals surface area contributed by atoms with E-state index in [1.54, 1.807) is 0 Å². The summed E-state index contributed by atoms with van der Waals surface area (Å²) < 4.78 is 13.5. The topological polar surface area (TPSA) is 75.4 Å². The van der Waals surface area contributed by atoms with Crippen LogP contribution in [0.4, 0.5) is 0 Å². The summed E-state index contributed by atoms with van der Waals surface area (Å²) in [5.74, 6) is -0.731. The first-order chi connectivity index (χ1) is 3.98. The van der Waals surface area contributed by atoms with Crippen molar-refractivity contribution in [2.24, 2.45) is 5.73 Å². The van der Waals surface area contributed by atoms with Gasteiger partial charge in [-0.1, -0.05) is 0 Å². The van der Waals surface area contributed by atoms with Gasteiger partial charge < -0.3 is 10.4 Å². The molecule has 0 atom stereocenters. The Morgan fingerprint density at radius 3 is 2.33 bits per heavy atom. The molecule has 2 N–H and O–H groups in total. The van der Waals surface area contributed by atoms with E-state index in [0.717, 1.165) is 0 Å². The highest BCUT2D eigenvalue weighted by molar-refractivity contribution is 5.78. The monoisotopic (exact) mass is 153 g/mol. The minimum atomic E-state index is -1.09. The zero-order chi connectivity index (χ0) is 7.49. The minimum absolute atomic E-state index is 0.170. The molecule has 0 aliphatic rings. The third-order valence-corrected chi connectivity index (χ3v) is 0.831. The largest absolute Gasteiger partial charge is 0.495 e. The molecular formula is C4H8ClNO3. The van der Waals surface area contributed by atoms with Gasteiger partial charge in [-0.25, -0.2) is 4.79 Å². The highest BCUT2D eigenvalue weighted by atomic mass is 35.6. The van der Waals surface area contributed by atoms with E-state index < -0.39 is 11.5 Å². The second-order valence-electron chi connectivity index (χ2n) is 2.15. The minimum Gasteiger partial charge on any atom is -0.495 e. The van der Waals surface area contributed by atoms with Crippen molar-refractivity contribution in [3.05, 3.63) is 0 Å². The van der Waals surface area contributed by atoms with Crippen LogP contribution in [0, 0.1) is 11.3 Å². The van der Waals surface area contributed by atoms with Crippen LogP contribution in [0.15, 0.2) is 0 Å². The Bertz CT molecular complexity index is 109. The molecule has 4 nitrogen and oxygen atoms in total. The van der Waals surface area contributed by atoms with Gasteiger partial charge in [0.25, 0.3) is 0 Å². The van der Waals surface area contributed by atoms with Crippen molar-refractivity contribution in [2.45, 2.75) is 19.4 Å². The molecule has 0 radical (unpaired) electrons. The van der Waals surface area contributed by atoms with Crippen LogP contribution in [0.25, 0.3) is 0 Å². The SMILES string of the molecule is CC(C)(N)C(=O)O[Cl+][O-]. The third kappa shape index (κ3) is 3.29. The maximum atomic E-state index is 10.5. The number of nitrogens with two attached hydrogens (primary N) is 1. The van der Waals surface area contributed by atoms with Crippen molar-refractivity contribution in [3.63, 3.8) is 0 Å². The van der Waals surface area contributed by atoms with E-state index in [0.29, 0.717) is 0 Å². The molecule has 0 amide bonds. The van der Waals surface area contributed by atoms with Gasteiger partial charge in [0.2, 0.25) is 0 Å². The Kier molecular flexibility index (Phi) is 2.90. The predicted octanol–water partition coefficient (Wildman–Crippen LogP) is -1.46. The molecule has 0 saturated heterocycles. The average molecular weight is 154 g/mol. The Morgan fingerprint density at radius 1 is 1.78 bits per heavy atom. The average Bonchev–Trinajstić information content (AvgIpc) is 1.64. The molecule has 0 spiro atoms. The van der Waals surface area contributed by atoms with Crippen molar-refractivity contribution >= 4 is 5.97 Å².